The molecule has 0 saturated heterocycles. The van der Waals surface area contributed by atoms with E-state index in [0.717, 1.165) is 50.0 Å². The number of hydrogen-bond acceptors (Lipinski definition) is 6. The van der Waals surface area contributed by atoms with Crippen LogP contribution in [0.15, 0.2) is 12.1 Å². The van der Waals surface area contributed by atoms with Gasteiger partial charge in [0.1, 0.15) is 11.9 Å². The Morgan fingerprint density at radius 3 is 2.82 bits per heavy atom. The first kappa shape index (κ1) is 22.1. The molecule has 28 heavy (non-hydrogen) atoms. The van der Waals surface area contributed by atoms with Crippen molar-refractivity contribution in [2.24, 2.45) is 0 Å². The number of hydrogen-bond donors (Lipinski definition) is 4. The molecule has 0 radical (unpaired) electrons. The monoisotopic (exact) mass is 412 g/mol. The van der Waals surface area contributed by atoms with Crippen LogP contribution in [0.4, 0.5) is 5.82 Å². The number of amides is 1. The number of sulfonamides is 1. The fraction of sp³-hybridized carbons (Fsp3) is 0.611. The molecule has 0 bridgehead atoms. The lowest BCUT2D eigenvalue weighted by molar-refractivity contribution is -0.139. The Hall–Kier alpha value is -2.20. The second-order valence-corrected chi connectivity index (χ2v) is 8.75. The van der Waals surface area contributed by atoms with Gasteiger partial charge in [-0.05, 0) is 50.2 Å². The smallest absolute Gasteiger partial charge is 0.321 e. The van der Waals surface area contributed by atoms with E-state index in [-0.39, 0.29) is 18.9 Å². The summed E-state index contributed by atoms with van der Waals surface area (Å²) in [5, 5.41) is 14.9. The first-order valence-electron chi connectivity index (χ1n) is 9.44. The van der Waals surface area contributed by atoms with Crippen molar-refractivity contribution >= 4 is 27.7 Å². The Kier molecular flexibility index (Phi) is 8.18. The Morgan fingerprint density at radius 1 is 1.32 bits per heavy atom. The molecule has 0 spiro atoms. The van der Waals surface area contributed by atoms with Gasteiger partial charge in [0.15, 0.2) is 0 Å². The van der Waals surface area contributed by atoms with Crippen molar-refractivity contribution in [1.29, 1.82) is 0 Å². The number of aliphatic carboxylic acids is 1. The molecule has 0 fully saturated rings. The third-order valence-corrected chi connectivity index (χ3v) is 5.16. The number of rotatable bonds is 11. The summed E-state index contributed by atoms with van der Waals surface area (Å²) < 4.78 is 24.3. The lowest BCUT2D eigenvalue weighted by Crippen LogP contribution is -2.42. The van der Waals surface area contributed by atoms with Crippen LogP contribution in [0.2, 0.25) is 0 Å². The van der Waals surface area contributed by atoms with E-state index in [1.807, 2.05) is 10.8 Å². The number of nitrogens with zero attached hydrogens (tertiary/aromatic N) is 1. The maximum absolute atomic E-state index is 11.9. The van der Waals surface area contributed by atoms with Crippen LogP contribution in [-0.4, -0.2) is 55.8 Å². The molecule has 4 N–H and O–H groups in total. The summed E-state index contributed by atoms with van der Waals surface area (Å²) in [7, 11) is -3.62. The van der Waals surface area contributed by atoms with E-state index in [1.165, 1.54) is 5.56 Å². The van der Waals surface area contributed by atoms with Crippen LogP contribution >= 0.6 is 0 Å². The highest BCUT2D eigenvalue weighted by molar-refractivity contribution is 7.88. The molecule has 2 rings (SSSR count). The summed E-state index contributed by atoms with van der Waals surface area (Å²) in [5.74, 6) is -0.479. The standard InChI is InChI=1S/C18H28N4O5S/c1-28(26,27)22-15(18(24)25)10-12-19-16(23)7-3-2-6-14-9-8-13-5-4-11-20-17(13)21-14/h8-9,15,22H,2-7,10-12H2,1H3,(H,19,23)(H,20,21)(H,24,25). The van der Waals surface area contributed by atoms with Gasteiger partial charge in [-0.15, -0.1) is 0 Å². The van der Waals surface area contributed by atoms with Gasteiger partial charge in [0, 0.05) is 25.2 Å². The number of carboxylic acid groups (broad SMARTS) is 1. The molecule has 1 amide bonds. The molecule has 1 aromatic rings. The van der Waals surface area contributed by atoms with Gasteiger partial charge in [-0.25, -0.2) is 18.1 Å². The van der Waals surface area contributed by atoms with Gasteiger partial charge < -0.3 is 15.7 Å². The fourth-order valence-electron chi connectivity index (χ4n) is 3.04. The van der Waals surface area contributed by atoms with E-state index in [2.05, 4.69) is 21.7 Å². The molecule has 10 heteroatoms. The number of aryl methyl sites for hydroxylation is 2. The molecule has 0 saturated carbocycles. The summed E-state index contributed by atoms with van der Waals surface area (Å²) in [6.07, 6.45) is 5.71. The van der Waals surface area contributed by atoms with E-state index in [9.17, 15) is 18.0 Å². The number of carboxylic acids is 1. The van der Waals surface area contributed by atoms with Crippen molar-refractivity contribution < 1.29 is 23.1 Å². The molecule has 1 aliphatic heterocycles. The zero-order valence-corrected chi connectivity index (χ0v) is 16.8. The second-order valence-electron chi connectivity index (χ2n) is 6.97. The fourth-order valence-corrected chi connectivity index (χ4v) is 3.77. The van der Waals surface area contributed by atoms with Crippen LogP contribution in [-0.2, 0) is 32.5 Å². The van der Waals surface area contributed by atoms with E-state index < -0.39 is 22.0 Å². The van der Waals surface area contributed by atoms with Crippen LogP contribution < -0.4 is 15.4 Å². The maximum atomic E-state index is 11.9. The molecule has 1 unspecified atom stereocenters. The highest BCUT2D eigenvalue weighted by Gasteiger charge is 2.21. The van der Waals surface area contributed by atoms with Crippen LogP contribution in [0.1, 0.15) is 43.4 Å². The number of unbranched alkanes of at least 4 members (excludes halogenated alkanes) is 1. The largest absolute Gasteiger partial charge is 0.480 e. The Balaban J connectivity index is 1.64. The summed E-state index contributed by atoms with van der Waals surface area (Å²) >= 11 is 0. The maximum Gasteiger partial charge on any atom is 0.321 e. The molecule has 0 aromatic carbocycles. The predicted molar refractivity (Wildman–Crippen MR) is 106 cm³/mol. The first-order chi connectivity index (χ1) is 13.2. The minimum absolute atomic E-state index is 0.0137. The molecule has 1 aliphatic rings. The van der Waals surface area contributed by atoms with Gasteiger partial charge in [-0.2, -0.15) is 0 Å². The SMILES string of the molecule is CS(=O)(=O)NC(CCNC(=O)CCCCc1ccc2c(n1)NCCC2)C(=O)O. The molecular formula is C18H28N4O5S. The van der Waals surface area contributed by atoms with Crippen molar-refractivity contribution in [2.75, 3.05) is 24.7 Å². The van der Waals surface area contributed by atoms with E-state index in [0.29, 0.717) is 12.8 Å². The van der Waals surface area contributed by atoms with Crippen molar-refractivity contribution in [2.45, 2.75) is 51.0 Å². The van der Waals surface area contributed by atoms with Crippen LogP contribution in [0.25, 0.3) is 0 Å². The molecule has 156 valence electrons. The van der Waals surface area contributed by atoms with Crippen molar-refractivity contribution in [3.8, 4) is 0 Å². The van der Waals surface area contributed by atoms with E-state index >= 15 is 0 Å². The lowest BCUT2D eigenvalue weighted by Gasteiger charge is -2.17. The number of nitrogens with one attached hydrogen (secondary N) is 3. The van der Waals surface area contributed by atoms with Crippen molar-refractivity contribution in [1.82, 2.24) is 15.0 Å². The third-order valence-electron chi connectivity index (χ3n) is 4.45. The minimum atomic E-state index is -3.62. The lowest BCUT2D eigenvalue weighted by atomic mass is 10.1. The van der Waals surface area contributed by atoms with E-state index in [1.54, 1.807) is 0 Å². The zero-order valence-electron chi connectivity index (χ0n) is 16.0. The van der Waals surface area contributed by atoms with Gasteiger partial charge in [0.25, 0.3) is 0 Å². The normalized spacial score (nSPS) is 14.6. The molecule has 1 aromatic heterocycles. The highest BCUT2D eigenvalue weighted by atomic mass is 32.2. The topological polar surface area (TPSA) is 137 Å². The molecule has 2 heterocycles. The number of carbonyl (C=O) groups excluding carboxylic acids is 1. The molecule has 0 aliphatic carbocycles. The van der Waals surface area contributed by atoms with Crippen molar-refractivity contribution in [3.63, 3.8) is 0 Å². The molecular weight excluding hydrogens is 384 g/mol. The second kappa shape index (κ2) is 10.4. The van der Waals surface area contributed by atoms with Crippen molar-refractivity contribution in [3.05, 3.63) is 23.4 Å². The number of fused-ring (bicyclic) bond motifs is 1. The predicted octanol–water partition coefficient (Wildman–Crippen LogP) is 0.661. The van der Waals surface area contributed by atoms with Gasteiger partial charge in [-0.3, -0.25) is 9.59 Å². The van der Waals surface area contributed by atoms with Crippen LogP contribution in [0.5, 0.6) is 0 Å². The average molecular weight is 413 g/mol. The van der Waals surface area contributed by atoms with Gasteiger partial charge in [-0.1, -0.05) is 6.07 Å². The average Bonchev–Trinajstić information content (AvgIpc) is 2.63. The Labute approximate surface area is 165 Å². The van der Waals surface area contributed by atoms with Crippen LogP contribution in [0.3, 0.4) is 0 Å². The van der Waals surface area contributed by atoms with Gasteiger partial charge in [0.2, 0.25) is 15.9 Å². The summed E-state index contributed by atoms with van der Waals surface area (Å²) in [5.41, 5.74) is 2.25. The van der Waals surface area contributed by atoms with Crippen LogP contribution in [0, 0.1) is 0 Å². The summed E-state index contributed by atoms with van der Waals surface area (Å²) in [6.45, 7) is 1.04. The number of aromatic nitrogens is 1. The minimum Gasteiger partial charge on any atom is -0.480 e. The molecule has 1 atom stereocenters. The quantitative estimate of drug-likeness (QED) is 0.392. The van der Waals surface area contributed by atoms with E-state index in [4.69, 9.17) is 5.11 Å². The number of carbonyl (C=O) groups is 2. The Bertz CT molecular complexity index is 797. The first-order valence-corrected chi connectivity index (χ1v) is 11.3. The summed E-state index contributed by atoms with van der Waals surface area (Å²) in [6, 6.07) is 2.89. The summed E-state index contributed by atoms with van der Waals surface area (Å²) in [4.78, 5) is 27.5. The Morgan fingerprint density at radius 2 is 2.11 bits per heavy atom. The third kappa shape index (κ3) is 7.81. The zero-order chi connectivity index (χ0) is 20.6. The number of anilines is 1. The van der Waals surface area contributed by atoms with Gasteiger partial charge >= 0.3 is 5.97 Å². The number of pyridine rings is 1. The van der Waals surface area contributed by atoms with Gasteiger partial charge in [0.05, 0.1) is 6.26 Å². The highest BCUT2D eigenvalue weighted by Crippen LogP contribution is 2.20. The molecule has 9 nitrogen and oxygen atoms in total.